The number of anilines is 3. The minimum Gasteiger partial charge on any atom is -0.497 e. The molecular weight excluding hydrogens is 459 g/mol. The van der Waals surface area contributed by atoms with E-state index in [1.165, 1.54) is 12.3 Å². The number of rotatable bonds is 7. The number of hydrogen-bond acceptors (Lipinski definition) is 8. The first-order valence-corrected chi connectivity index (χ1v) is 11.5. The second-order valence-electron chi connectivity index (χ2n) is 8.01. The highest BCUT2D eigenvalue weighted by Crippen LogP contribution is 2.35. The number of pyridine rings is 1. The van der Waals surface area contributed by atoms with Gasteiger partial charge in [0.05, 0.1) is 12.7 Å². The number of benzene rings is 1. The molecule has 1 aliphatic rings. The van der Waals surface area contributed by atoms with Crippen molar-refractivity contribution >= 4 is 17.7 Å². The van der Waals surface area contributed by atoms with Crippen LogP contribution in [-0.2, 0) is 6.18 Å². The largest absolute Gasteiger partial charge is 0.497 e. The van der Waals surface area contributed by atoms with Crippen LogP contribution in [0.1, 0.15) is 19.4 Å². The van der Waals surface area contributed by atoms with Gasteiger partial charge in [-0.05, 0) is 38.1 Å². The third-order valence-electron chi connectivity index (χ3n) is 5.94. The maximum atomic E-state index is 13.5. The molecule has 8 nitrogen and oxygen atoms in total. The van der Waals surface area contributed by atoms with Crippen LogP contribution >= 0.6 is 0 Å². The Morgan fingerprint density at radius 3 is 2.31 bits per heavy atom. The Labute approximate surface area is 202 Å². The highest BCUT2D eigenvalue weighted by atomic mass is 19.4. The second-order valence-corrected chi connectivity index (χ2v) is 8.01. The summed E-state index contributed by atoms with van der Waals surface area (Å²) in [5, 5.41) is 0. The van der Waals surface area contributed by atoms with Crippen molar-refractivity contribution in [1.29, 1.82) is 0 Å². The third-order valence-corrected chi connectivity index (χ3v) is 5.94. The molecule has 186 valence electrons. The molecule has 0 unspecified atom stereocenters. The maximum Gasteiger partial charge on any atom is 0.419 e. The van der Waals surface area contributed by atoms with E-state index in [1.54, 1.807) is 12.0 Å². The van der Waals surface area contributed by atoms with Crippen LogP contribution < -0.4 is 19.4 Å². The van der Waals surface area contributed by atoms with E-state index in [4.69, 9.17) is 19.7 Å². The van der Waals surface area contributed by atoms with Gasteiger partial charge in [-0.25, -0.2) is 4.98 Å². The van der Waals surface area contributed by atoms with Gasteiger partial charge in [0.25, 0.3) is 0 Å². The van der Waals surface area contributed by atoms with Gasteiger partial charge in [-0.3, -0.25) is 0 Å². The average Bonchev–Trinajstić information content (AvgIpc) is 2.89. The Bertz CT molecular complexity index is 1150. The number of methoxy groups -OCH3 is 1. The monoisotopic (exact) mass is 487 g/mol. The molecule has 2 aromatic heterocycles. The van der Waals surface area contributed by atoms with Crippen LogP contribution in [0.3, 0.4) is 0 Å². The zero-order chi connectivity index (χ0) is 25.0. The van der Waals surface area contributed by atoms with Crippen molar-refractivity contribution in [1.82, 2.24) is 19.9 Å². The molecule has 11 heteroatoms. The predicted octanol–water partition coefficient (Wildman–Crippen LogP) is 4.13. The van der Waals surface area contributed by atoms with Gasteiger partial charge in [0.1, 0.15) is 11.6 Å². The van der Waals surface area contributed by atoms with E-state index < -0.39 is 11.7 Å². The molecule has 0 spiro atoms. The van der Waals surface area contributed by atoms with E-state index in [1.807, 2.05) is 47.9 Å². The van der Waals surface area contributed by atoms with Crippen molar-refractivity contribution in [2.75, 3.05) is 61.1 Å². The lowest BCUT2D eigenvalue weighted by Gasteiger charge is -2.36. The minimum absolute atomic E-state index is 0.0452. The number of halogens is 3. The first-order valence-electron chi connectivity index (χ1n) is 11.5. The quantitative estimate of drug-likeness (QED) is 0.493. The predicted molar refractivity (Wildman–Crippen MR) is 129 cm³/mol. The molecule has 35 heavy (non-hydrogen) atoms. The maximum absolute atomic E-state index is 13.5. The van der Waals surface area contributed by atoms with Crippen LogP contribution in [0.5, 0.6) is 5.75 Å². The highest BCUT2D eigenvalue weighted by Gasteiger charge is 2.36. The molecule has 1 aromatic carbocycles. The molecule has 0 bridgehead atoms. The zero-order valence-electron chi connectivity index (χ0n) is 20.0. The number of alkyl halides is 3. The van der Waals surface area contributed by atoms with Gasteiger partial charge in [0.15, 0.2) is 5.82 Å². The summed E-state index contributed by atoms with van der Waals surface area (Å²) in [4.78, 5) is 23.8. The normalized spacial score (nSPS) is 14.2. The molecule has 1 fully saturated rings. The van der Waals surface area contributed by atoms with Crippen LogP contribution in [0.2, 0.25) is 0 Å². The lowest BCUT2D eigenvalue weighted by atomic mass is 10.2. The first-order chi connectivity index (χ1) is 16.8. The van der Waals surface area contributed by atoms with Crippen molar-refractivity contribution < 1.29 is 17.9 Å². The van der Waals surface area contributed by atoms with E-state index in [-0.39, 0.29) is 5.82 Å². The third kappa shape index (κ3) is 5.39. The van der Waals surface area contributed by atoms with Gasteiger partial charge in [-0.1, -0.05) is 12.1 Å². The number of aromatic nitrogens is 4. The second kappa shape index (κ2) is 10.3. The molecule has 0 atom stereocenters. The Morgan fingerprint density at radius 2 is 1.66 bits per heavy atom. The summed E-state index contributed by atoms with van der Waals surface area (Å²) >= 11 is 0. The molecule has 4 rings (SSSR count). The average molecular weight is 488 g/mol. The van der Waals surface area contributed by atoms with Crippen LogP contribution in [0.15, 0.2) is 42.6 Å². The lowest BCUT2D eigenvalue weighted by molar-refractivity contribution is -0.137. The van der Waals surface area contributed by atoms with Gasteiger partial charge in [-0.2, -0.15) is 28.1 Å². The van der Waals surface area contributed by atoms with Crippen molar-refractivity contribution in [3.8, 4) is 17.1 Å². The summed E-state index contributed by atoms with van der Waals surface area (Å²) in [6.45, 7) is 7.14. The standard InChI is InChI=1S/C24H28F3N7O/c1-4-32(5-2)22-29-20(17-8-6-9-18(16-17)35-3)30-23(31-22)34-14-12-33(13-15-34)21-19(24(25,26)27)10-7-11-28-21/h6-11,16H,4-5,12-15H2,1-3H3. The van der Waals surface area contributed by atoms with E-state index >= 15 is 0 Å². The summed E-state index contributed by atoms with van der Waals surface area (Å²) in [6.07, 6.45) is -3.07. The molecule has 0 N–H and O–H groups in total. The Balaban J connectivity index is 1.62. The molecule has 0 saturated carbocycles. The SMILES string of the molecule is CCN(CC)c1nc(-c2cccc(OC)c2)nc(N2CCN(c3ncccc3C(F)(F)F)CC2)n1. The van der Waals surface area contributed by atoms with Crippen molar-refractivity contribution in [2.24, 2.45) is 0 Å². The number of piperazine rings is 1. The van der Waals surface area contributed by atoms with Crippen LogP contribution in [0, 0.1) is 0 Å². The van der Waals surface area contributed by atoms with Gasteiger partial charge in [-0.15, -0.1) is 0 Å². The summed E-state index contributed by atoms with van der Waals surface area (Å²) in [6, 6.07) is 9.87. The lowest BCUT2D eigenvalue weighted by Crippen LogP contribution is -2.48. The van der Waals surface area contributed by atoms with E-state index in [0.717, 1.165) is 24.7 Å². The smallest absolute Gasteiger partial charge is 0.419 e. The van der Waals surface area contributed by atoms with E-state index in [2.05, 4.69) is 4.98 Å². The number of ether oxygens (including phenoxy) is 1. The zero-order valence-corrected chi connectivity index (χ0v) is 20.0. The summed E-state index contributed by atoms with van der Waals surface area (Å²) in [5.41, 5.74) is 0.0705. The highest BCUT2D eigenvalue weighted by molar-refractivity contribution is 5.61. The minimum atomic E-state index is -4.46. The molecule has 1 saturated heterocycles. The fraction of sp³-hybridized carbons (Fsp3) is 0.417. The summed E-state index contributed by atoms with van der Waals surface area (Å²) in [5.74, 6) is 2.22. The molecule has 1 aliphatic heterocycles. The van der Waals surface area contributed by atoms with Gasteiger partial charge >= 0.3 is 6.18 Å². The first kappa shape index (κ1) is 24.5. The van der Waals surface area contributed by atoms with Gasteiger partial charge in [0.2, 0.25) is 11.9 Å². The van der Waals surface area contributed by atoms with Gasteiger partial charge in [0, 0.05) is 51.0 Å². The van der Waals surface area contributed by atoms with Crippen molar-refractivity contribution in [3.63, 3.8) is 0 Å². The Hall–Kier alpha value is -3.63. The van der Waals surface area contributed by atoms with Crippen LogP contribution in [0.4, 0.5) is 30.9 Å². The number of nitrogens with zero attached hydrogens (tertiary/aromatic N) is 7. The summed E-state index contributed by atoms with van der Waals surface area (Å²) < 4.78 is 45.8. The van der Waals surface area contributed by atoms with E-state index in [9.17, 15) is 13.2 Å². The van der Waals surface area contributed by atoms with Gasteiger partial charge < -0.3 is 19.4 Å². The fourth-order valence-electron chi connectivity index (χ4n) is 4.02. The van der Waals surface area contributed by atoms with Crippen LogP contribution in [0.25, 0.3) is 11.4 Å². The molecule has 0 aliphatic carbocycles. The van der Waals surface area contributed by atoms with Crippen molar-refractivity contribution in [3.05, 3.63) is 48.2 Å². The van der Waals surface area contributed by atoms with E-state index in [0.29, 0.717) is 49.6 Å². The van der Waals surface area contributed by atoms with Crippen molar-refractivity contribution in [2.45, 2.75) is 20.0 Å². The Morgan fingerprint density at radius 1 is 0.943 bits per heavy atom. The molecular formula is C24H28F3N7O. The molecule has 0 amide bonds. The fourth-order valence-corrected chi connectivity index (χ4v) is 4.02. The Kier molecular flexibility index (Phi) is 7.23. The topological polar surface area (TPSA) is 70.5 Å². The molecule has 3 aromatic rings. The molecule has 0 radical (unpaired) electrons. The number of hydrogen-bond donors (Lipinski definition) is 0. The molecule has 3 heterocycles. The van der Waals surface area contributed by atoms with Crippen LogP contribution in [-0.4, -0.2) is 66.3 Å². The summed E-state index contributed by atoms with van der Waals surface area (Å²) in [7, 11) is 1.60.